The van der Waals surface area contributed by atoms with Crippen LogP contribution in [0, 0.1) is 11.3 Å². The van der Waals surface area contributed by atoms with E-state index in [1.165, 1.54) is 6.08 Å². The van der Waals surface area contributed by atoms with Crippen molar-refractivity contribution in [3.8, 4) is 0 Å². The maximum Gasteiger partial charge on any atom is 0.330 e. The quantitative estimate of drug-likeness (QED) is 0.471. The van der Waals surface area contributed by atoms with Gasteiger partial charge in [0.25, 0.3) is 0 Å². The Kier molecular flexibility index (Phi) is 9.20. The molecule has 0 aliphatic heterocycles. The lowest BCUT2D eigenvalue weighted by atomic mass is 9.79. The van der Waals surface area contributed by atoms with Crippen molar-refractivity contribution in [3.05, 3.63) is 24.3 Å². The number of allylic oxidation sites excluding steroid dienone is 2. The Bertz CT molecular complexity index is 468. The fourth-order valence-corrected chi connectivity index (χ4v) is 1.65. The second kappa shape index (κ2) is 9.77. The minimum absolute atomic E-state index is 0.0462. The third-order valence-electron chi connectivity index (χ3n) is 4.42. The molecule has 0 aromatic rings. The Morgan fingerprint density at radius 3 is 2.12 bits per heavy atom. The van der Waals surface area contributed by atoms with Crippen LogP contribution in [0.5, 0.6) is 0 Å². The average molecular weight is 338 g/mol. The molecule has 0 fully saturated rings. The van der Waals surface area contributed by atoms with Gasteiger partial charge in [0.1, 0.15) is 5.60 Å². The first kappa shape index (κ1) is 22.6. The minimum Gasteiger partial charge on any atom is -0.456 e. The number of hydrogen-bond acceptors (Lipinski definition) is 4. The molecule has 0 bridgehead atoms. The monoisotopic (exact) mass is 337 g/mol. The topological polar surface area (TPSA) is 46.6 Å². The van der Waals surface area contributed by atoms with Gasteiger partial charge in [-0.2, -0.15) is 0 Å². The van der Waals surface area contributed by atoms with Crippen LogP contribution in [0.4, 0.5) is 0 Å². The number of ether oxygens (including phenoxy) is 1. The van der Waals surface area contributed by atoms with Gasteiger partial charge in [-0.3, -0.25) is 4.79 Å². The molecule has 1 unspecified atom stereocenters. The van der Waals surface area contributed by atoms with Crippen molar-refractivity contribution in [2.45, 2.75) is 60.0 Å². The summed E-state index contributed by atoms with van der Waals surface area (Å²) in [4.78, 5) is 25.8. The van der Waals surface area contributed by atoms with Gasteiger partial charge in [0, 0.05) is 24.0 Å². The van der Waals surface area contributed by atoms with Crippen LogP contribution in [0.3, 0.4) is 0 Å². The second-order valence-corrected chi connectivity index (χ2v) is 8.13. The normalized spacial score (nSPS) is 14.5. The van der Waals surface area contributed by atoms with Gasteiger partial charge in [-0.25, -0.2) is 4.79 Å². The molecule has 0 aromatic heterocycles. The maximum atomic E-state index is 11.9. The highest BCUT2D eigenvalue weighted by Crippen LogP contribution is 2.33. The smallest absolute Gasteiger partial charge is 0.330 e. The van der Waals surface area contributed by atoms with Crippen LogP contribution in [0.2, 0.25) is 0 Å². The number of nitrogens with zero attached hydrogens (tertiary/aromatic N) is 1. The predicted molar refractivity (Wildman–Crippen MR) is 99.9 cm³/mol. The Morgan fingerprint density at radius 1 is 1.04 bits per heavy atom. The molecule has 0 N–H and O–H groups in total. The van der Waals surface area contributed by atoms with Gasteiger partial charge in [0.15, 0.2) is 5.78 Å². The predicted octanol–water partition coefficient (Wildman–Crippen LogP) is 4.01. The van der Waals surface area contributed by atoms with E-state index in [1.54, 1.807) is 12.2 Å². The molecule has 0 heterocycles. The average Bonchev–Trinajstić information content (AvgIpc) is 2.40. The number of hydrogen-bond donors (Lipinski definition) is 0. The molecule has 0 aliphatic rings. The van der Waals surface area contributed by atoms with Crippen LogP contribution < -0.4 is 0 Å². The van der Waals surface area contributed by atoms with E-state index >= 15 is 0 Å². The van der Waals surface area contributed by atoms with Gasteiger partial charge < -0.3 is 9.64 Å². The van der Waals surface area contributed by atoms with Crippen molar-refractivity contribution in [1.82, 2.24) is 4.90 Å². The number of carbonyl (C=O) groups excluding carboxylic acids is 2. The van der Waals surface area contributed by atoms with E-state index in [0.717, 1.165) is 13.0 Å². The molecule has 24 heavy (non-hydrogen) atoms. The van der Waals surface area contributed by atoms with E-state index in [0.29, 0.717) is 6.42 Å². The van der Waals surface area contributed by atoms with Crippen LogP contribution in [0.15, 0.2) is 24.3 Å². The zero-order valence-electron chi connectivity index (χ0n) is 16.7. The summed E-state index contributed by atoms with van der Waals surface area (Å²) in [6, 6.07) is 0. The molecule has 0 saturated heterocycles. The standard InChI is InChI=1S/C20H35NO3/c1-16(17(22)13-11-15-21(7)8)12-9-10-14-18(23)24-20(5,6)19(2,3)4/h10-11,13-14,16H,9,12,15H2,1-8H3/b13-11+,14-10+. The van der Waals surface area contributed by atoms with E-state index < -0.39 is 5.60 Å². The lowest BCUT2D eigenvalue weighted by Gasteiger charge is -2.37. The van der Waals surface area contributed by atoms with E-state index in [4.69, 9.17) is 4.74 Å². The van der Waals surface area contributed by atoms with E-state index in [2.05, 4.69) is 0 Å². The van der Waals surface area contributed by atoms with Crippen molar-refractivity contribution in [2.75, 3.05) is 20.6 Å². The van der Waals surface area contributed by atoms with Crippen LogP contribution in [-0.2, 0) is 14.3 Å². The molecule has 4 nitrogen and oxygen atoms in total. The summed E-state index contributed by atoms with van der Waals surface area (Å²) in [6.07, 6.45) is 8.17. The Labute approximate surface area is 147 Å². The van der Waals surface area contributed by atoms with Gasteiger partial charge in [-0.05, 0) is 46.9 Å². The van der Waals surface area contributed by atoms with Crippen LogP contribution in [0.1, 0.15) is 54.4 Å². The van der Waals surface area contributed by atoms with Gasteiger partial charge in [0.2, 0.25) is 0 Å². The molecule has 0 rings (SSSR count). The number of ketones is 1. The van der Waals surface area contributed by atoms with Crippen molar-refractivity contribution in [1.29, 1.82) is 0 Å². The third-order valence-corrected chi connectivity index (χ3v) is 4.42. The van der Waals surface area contributed by atoms with E-state index in [9.17, 15) is 9.59 Å². The lowest BCUT2D eigenvalue weighted by Crippen LogP contribution is -2.40. The molecule has 0 aliphatic carbocycles. The van der Waals surface area contributed by atoms with Crippen LogP contribution >= 0.6 is 0 Å². The van der Waals surface area contributed by atoms with Crippen LogP contribution in [-0.4, -0.2) is 42.9 Å². The highest BCUT2D eigenvalue weighted by atomic mass is 16.6. The molecular weight excluding hydrogens is 302 g/mol. The Balaban J connectivity index is 4.26. The summed E-state index contributed by atoms with van der Waals surface area (Å²) >= 11 is 0. The van der Waals surface area contributed by atoms with Gasteiger partial charge in [-0.15, -0.1) is 0 Å². The number of rotatable bonds is 9. The van der Waals surface area contributed by atoms with Crippen LogP contribution in [0.25, 0.3) is 0 Å². The fraction of sp³-hybridized carbons (Fsp3) is 0.700. The fourth-order valence-electron chi connectivity index (χ4n) is 1.65. The van der Waals surface area contributed by atoms with Gasteiger partial charge >= 0.3 is 5.97 Å². The number of esters is 1. The van der Waals surface area contributed by atoms with Crippen molar-refractivity contribution >= 4 is 11.8 Å². The highest BCUT2D eigenvalue weighted by Gasteiger charge is 2.35. The Hall–Kier alpha value is -1.42. The summed E-state index contributed by atoms with van der Waals surface area (Å²) in [6.45, 7) is 12.6. The first-order chi connectivity index (χ1) is 10.9. The van der Waals surface area contributed by atoms with Crippen molar-refractivity contribution in [3.63, 3.8) is 0 Å². The largest absolute Gasteiger partial charge is 0.456 e. The number of carbonyl (C=O) groups is 2. The molecule has 0 amide bonds. The molecule has 0 saturated carbocycles. The summed E-state index contributed by atoms with van der Waals surface area (Å²) in [5, 5.41) is 0. The van der Waals surface area contributed by atoms with Gasteiger partial charge in [-0.1, -0.05) is 39.8 Å². The summed E-state index contributed by atoms with van der Waals surface area (Å²) in [5.41, 5.74) is -0.661. The minimum atomic E-state index is -0.533. The molecular formula is C20H35NO3. The SMILES string of the molecule is CC(CC/C=C/C(=O)OC(C)(C)C(C)(C)C)C(=O)/C=C/CN(C)C. The summed E-state index contributed by atoms with van der Waals surface area (Å²) in [7, 11) is 3.92. The van der Waals surface area contributed by atoms with Crippen molar-refractivity contribution < 1.29 is 14.3 Å². The zero-order valence-corrected chi connectivity index (χ0v) is 16.7. The molecule has 138 valence electrons. The molecule has 4 heteroatoms. The molecule has 0 spiro atoms. The first-order valence-electron chi connectivity index (χ1n) is 8.61. The summed E-state index contributed by atoms with van der Waals surface area (Å²) < 4.78 is 5.52. The third kappa shape index (κ3) is 9.02. The summed E-state index contributed by atoms with van der Waals surface area (Å²) in [5.74, 6) is -0.253. The molecule has 1 atom stereocenters. The molecule has 0 aromatic carbocycles. The molecule has 0 radical (unpaired) electrons. The maximum absolute atomic E-state index is 11.9. The second-order valence-electron chi connectivity index (χ2n) is 8.13. The highest BCUT2D eigenvalue weighted by molar-refractivity contribution is 5.91. The van der Waals surface area contributed by atoms with Crippen molar-refractivity contribution in [2.24, 2.45) is 11.3 Å². The lowest BCUT2D eigenvalue weighted by molar-refractivity contribution is -0.160. The van der Waals surface area contributed by atoms with E-state index in [1.807, 2.05) is 66.6 Å². The van der Waals surface area contributed by atoms with E-state index in [-0.39, 0.29) is 23.1 Å². The van der Waals surface area contributed by atoms with Gasteiger partial charge in [0.05, 0.1) is 0 Å². The zero-order chi connectivity index (χ0) is 19.0. The first-order valence-corrected chi connectivity index (χ1v) is 8.61. The number of likely N-dealkylation sites (N-methyl/N-ethyl adjacent to an activating group) is 1. The Morgan fingerprint density at radius 2 is 1.62 bits per heavy atom.